The fraction of sp³-hybridized carbons (Fsp3) is 0.318. The lowest BCUT2D eigenvalue weighted by atomic mass is 10.0. The van der Waals surface area contributed by atoms with Crippen molar-refractivity contribution in [2.24, 2.45) is 5.92 Å². The predicted octanol–water partition coefficient (Wildman–Crippen LogP) is 2.77. The van der Waals surface area contributed by atoms with Gasteiger partial charge in [-0.1, -0.05) is 50.2 Å². The number of nitro groups is 1. The highest BCUT2D eigenvalue weighted by molar-refractivity contribution is 5.95. The largest absolute Gasteiger partial charge is 0.454 e. The van der Waals surface area contributed by atoms with Gasteiger partial charge >= 0.3 is 5.97 Å². The van der Waals surface area contributed by atoms with Crippen LogP contribution in [0.25, 0.3) is 0 Å². The van der Waals surface area contributed by atoms with E-state index in [4.69, 9.17) is 4.74 Å². The third kappa shape index (κ3) is 7.22. The van der Waals surface area contributed by atoms with Gasteiger partial charge in [-0.2, -0.15) is 0 Å². The van der Waals surface area contributed by atoms with Gasteiger partial charge in [0, 0.05) is 6.07 Å². The highest BCUT2D eigenvalue weighted by Gasteiger charge is 2.26. The SMILES string of the molecule is Cc1ccc(NC(=O)COC(=O)[C@@H](NC(=O)Cc2ccccc2)C(C)C)c([N+](=O)[O-])c1. The number of ether oxygens (including phenoxy) is 1. The highest BCUT2D eigenvalue weighted by atomic mass is 16.6. The Kier molecular flexibility index (Phi) is 8.25. The number of nitro benzene ring substituents is 1. The molecule has 0 aliphatic carbocycles. The minimum Gasteiger partial charge on any atom is -0.454 e. The first kappa shape index (κ1) is 23.5. The Bertz CT molecular complexity index is 959. The number of nitrogens with one attached hydrogen (secondary N) is 2. The maximum Gasteiger partial charge on any atom is 0.329 e. The van der Waals surface area contributed by atoms with E-state index < -0.39 is 29.4 Å². The van der Waals surface area contributed by atoms with Gasteiger partial charge < -0.3 is 15.4 Å². The molecule has 0 aromatic heterocycles. The Labute approximate surface area is 179 Å². The predicted molar refractivity (Wildman–Crippen MR) is 114 cm³/mol. The van der Waals surface area contributed by atoms with E-state index in [1.165, 1.54) is 12.1 Å². The molecule has 0 aliphatic rings. The van der Waals surface area contributed by atoms with Crippen LogP contribution in [0.15, 0.2) is 48.5 Å². The number of hydrogen-bond acceptors (Lipinski definition) is 6. The Morgan fingerprint density at radius 2 is 1.74 bits per heavy atom. The number of anilines is 1. The summed E-state index contributed by atoms with van der Waals surface area (Å²) in [5.74, 6) is -2.10. The van der Waals surface area contributed by atoms with E-state index in [-0.39, 0.29) is 29.6 Å². The summed E-state index contributed by atoms with van der Waals surface area (Å²) in [5, 5.41) is 16.2. The highest BCUT2D eigenvalue weighted by Crippen LogP contribution is 2.25. The molecule has 0 radical (unpaired) electrons. The van der Waals surface area contributed by atoms with Gasteiger partial charge in [0.2, 0.25) is 5.91 Å². The van der Waals surface area contributed by atoms with Gasteiger partial charge in [0.1, 0.15) is 11.7 Å². The third-order valence-electron chi connectivity index (χ3n) is 4.41. The topological polar surface area (TPSA) is 128 Å². The molecule has 31 heavy (non-hydrogen) atoms. The van der Waals surface area contributed by atoms with Crippen molar-refractivity contribution < 1.29 is 24.0 Å². The lowest BCUT2D eigenvalue weighted by Gasteiger charge is -2.20. The summed E-state index contributed by atoms with van der Waals surface area (Å²) >= 11 is 0. The van der Waals surface area contributed by atoms with Gasteiger partial charge in [-0.25, -0.2) is 4.79 Å². The second-order valence-electron chi connectivity index (χ2n) is 7.39. The molecule has 9 heteroatoms. The number of amides is 2. The molecule has 2 N–H and O–H groups in total. The van der Waals surface area contributed by atoms with Crippen LogP contribution in [-0.4, -0.2) is 35.4 Å². The summed E-state index contributed by atoms with van der Waals surface area (Å²) in [5.41, 5.74) is 1.22. The van der Waals surface area contributed by atoms with Gasteiger partial charge in [-0.15, -0.1) is 0 Å². The number of carbonyl (C=O) groups is 3. The van der Waals surface area contributed by atoms with Crippen LogP contribution >= 0.6 is 0 Å². The number of esters is 1. The van der Waals surface area contributed by atoms with E-state index in [2.05, 4.69) is 10.6 Å². The van der Waals surface area contributed by atoms with E-state index in [9.17, 15) is 24.5 Å². The molecule has 2 rings (SSSR count). The number of hydrogen-bond donors (Lipinski definition) is 2. The van der Waals surface area contributed by atoms with Crippen molar-refractivity contribution in [2.75, 3.05) is 11.9 Å². The zero-order valence-corrected chi connectivity index (χ0v) is 17.6. The van der Waals surface area contributed by atoms with Crippen LogP contribution in [0.4, 0.5) is 11.4 Å². The summed E-state index contributed by atoms with van der Waals surface area (Å²) in [6, 6.07) is 12.5. The van der Waals surface area contributed by atoms with Crippen LogP contribution in [0.2, 0.25) is 0 Å². The molecular weight excluding hydrogens is 402 g/mol. The summed E-state index contributed by atoms with van der Waals surface area (Å²) in [6.07, 6.45) is 0.106. The molecule has 0 fully saturated rings. The van der Waals surface area contributed by atoms with E-state index in [0.29, 0.717) is 5.56 Å². The van der Waals surface area contributed by atoms with E-state index in [1.807, 2.05) is 18.2 Å². The molecule has 0 aliphatic heterocycles. The summed E-state index contributed by atoms with van der Waals surface area (Å²) < 4.78 is 5.04. The van der Waals surface area contributed by atoms with Crippen LogP contribution < -0.4 is 10.6 Å². The molecule has 0 heterocycles. The first-order valence-electron chi connectivity index (χ1n) is 9.72. The average molecular weight is 427 g/mol. The van der Waals surface area contributed by atoms with Crippen molar-refractivity contribution in [3.05, 3.63) is 69.8 Å². The maximum absolute atomic E-state index is 12.4. The molecule has 0 spiro atoms. The first-order chi connectivity index (χ1) is 14.7. The van der Waals surface area contributed by atoms with E-state index >= 15 is 0 Å². The van der Waals surface area contributed by atoms with Crippen molar-refractivity contribution in [1.82, 2.24) is 5.32 Å². The van der Waals surface area contributed by atoms with E-state index in [0.717, 1.165) is 5.56 Å². The first-order valence-corrected chi connectivity index (χ1v) is 9.72. The lowest BCUT2D eigenvalue weighted by molar-refractivity contribution is -0.384. The van der Waals surface area contributed by atoms with Gasteiger partial charge in [0.15, 0.2) is 6.61 Å². The monoisotopic (exact) mass is 427 g/mol. The molecule has 0 saturated carbocycles. The maximum atomic E-state index is 12.4. The number of benzene rings is 2. The van der Waals surface area contributed by atoms with Crippen LogP contribution in [0, 0.1) is 23.0 Å². The van der Waals surface area contributed by atoms with Gasteiger partial charge in [0.05, 0.1) is 11.3 Å². The Morgan fingerprint density at radius 3 is 2.35 bits per heavy atom. The molecule has 0 bridgehead atoms. The molecule has 0 saturated heterocycles. The molecule has 2 aromatic rings. The van der Waals surface area contributed by atoms with Crippen LogP contribution in [0.3, 0.4) is 0 Å². The molecule has 1 atom stereocenters. The lowest BCUT2D eigenvalue weighted by Crippen LogP contribution is -2.46. The average Bonchev–Trinajstić information content (AvgIpc) is 2.72. The quantitative estimate of drug-likeness (QED) is 0.360. The molecule has 164 valence electrons. The number of carbonyl (C=O) groups excluding carboxylic acids is 3. The summed E-state index contributed by atoms with van der Waals surface area (Å²) in [7, 11) is 0. The van der Waals surface area contributed by atoms with Crippen molar-refractivity contribution in [3.8, 4) is 0 Å². The number of aryl methyl sites for hydroxylation is 1. The van der Waals surface area contributed by atoms with Gasteiger partial charge in [0.25, 0.3) is 11.6 Å². The number of nitrogens with zero attached hydrogens (tertiary/aromatic N) is 1. The fourth-order valence-corrected chi connectivity index (χ4v) is 2.81. The summed E-state index contributed by atoms with van der Waals surface area (Å²) in [6.45, 7) is 4.54. The summed E-state index contributed by atoms with van der Waals surface area (Å²) in [4.78, 5) is 47.4. The van der Waals surface area contributed by atoms with Crippen LogP contribution in [-0.2, 0) is 25.5 Å². The second-order valence-corrected chi connectivity index (χ2v) is 7.39. The van der Waals surface area contributed by atoms with Gasteiger partial charge in [-0.3, -0.25) is 19.7 Å². The fourth-order valence-electron chi connectivity index (χ4n) is 2.81. The van der Waals surface area contributed by atoms with Crippen molar-refractivity contribution in [2.45, 2.75) is 33.2 Å². The minimum atomic E-state index is -0.933. The Hall–Kier alpha value is -3.75. The zero-order valence-electron chi connectivity index (χ0n) is 17.6. The molecule has 2 aromatic carbocycles. The molecule has 9 nitrogen and oxygen atoms in total. The van der Waals surface area contributed by atoms with Crippen LogP contribution in [0.1, 0.15) is 25.0 Å². The van der Waals surface area contributed by atoms with Crippen molar-refractivity contribution in [1.29, 1.82) is 0 Å². The minimum absolute atomic E-state index is 0.00761. The van der Waals surface area contributed by atoms with E-state index in [1.54, 1.807) is 39.0 Å². The number of rotatable bonds is 9. The third-order valence-corrected chi connectivity index (χ3v) is 4.41. The Morgan fingerprint density at radius 1 is 1.06 bits per heavy atom. The van der Waals surface area contributed by atoms with Crippen LogP contribution in [0.5, 0.6) is 0 Å². The zero-order chi connectivity index (χ0) is 23.0. The smallest absolute Gasteiger partial charge is 0.329 e. The van der Waals surface area contributed by atoms with Crippen molar-refractivity contribution in [3.63, 3.8) is 0 Å². The standard InChI is InChI=1S/C22H25N3O6/c1-14(2)21(24-19(26)12-16-7-5-4-6-8-16)22(28)31-13-20(27)23-17-10-9-15(3)11-18(17)25(29)30/h4-11,14,21H,12-13H2,1-3H3,(H,23,27)(H,24,26)/t21-/m0/s1. The van der Waals surface area contributed by atoms with Gasteiger partial charge in [-0.05, 0) is 30.0 Å². The molecular formula is C22H25N3O6. The normalized spacial score (nSPS) is 11.5. The Balaban J connectivity index is 1.93. The van der Waals surface area contributed by atoms with Crippen molar-refractivity contribution >= 4 is 29.2 Å². The second kappa shape index (κ2) is 10.9. The molecule has 2 amide bonds. The molecule has 0 unspecified atom stereocenters.